The van der Waals surface area contributed by atoms with Crippen molar-refractivity contribution in [2.45, 2.75) is 37.1 Å². The van der Waals surface area contributed by atoms with Crippen LogP contribution in [-0.4, -0.2) is 37.6 Å². The molecular formula is C23H27FN2O2. The van der Waals surface area contributed by atoms with E-state index in [2.05, 4.69) is 22.3 Å². The number of hydrogen-bond donors (Lipinski definition) is 1. The molecule has 1 aliphatic heterocycles. The molecule has 2 aromatic carbocycles. The van der Waals surface area contributed by atoms with Crippen molar-refractivity contribution >= 4 is 5.91 Å². The van der Waals surface area contributed by atoms with E-state index < -0.39 is 5.41 Å². The third-order valence-corrected chi connectivity index (χ3v) is 6.10. The van der Waals surface area contributed by atoms with Gasteiger partial charge in [0.1, 0.15) is 11.6 Å². The SMILES string of the molecule is COc1cccc(C(CNC(=O)C2(c3ccc(F)cc3)CC2)N2CCCC2)c1. The lowest BCUT2D eigenvalue weighted by atomic mass is 9.94. The first-order valence-electron chi connectivity index (χ1n) is 10.0. The summed E-state index contributed by atoms with van der Waals surface area (Å²) in [5, 5.41) is 3.20. The topological polar surface area (TPSA) is 41.6 Å². The average Bonchev–Trinajstić information content (AvgIpc) is 3.36. The van der Waals surface area contributed by atoms with E-state index in [0.717, 1.165) is 42.8 Å². The normalized spacial score (nSPS) is 19.2. The largest absolute Gasteiger partial charge is 0.497 e. The Balaban J connectivity index is 1.49. The highest BCUT2D eigenvalue weighted by Crippen LogP contribution is 2.48. The Bertz CT molecular complexity index is 827. The highest BCUT2D eigenvalue weighted by molar-refractivity contribution is 5.91. The minimum atomic E-state index is -0.488. The summed E-state index contributed by atoms with van der Waals surface area (Å²) in [4.78, 5) is 15.5. The van der Waals surface area contributed by atoms with Gasteiger partial charge in [0, 0.05) is 6.54 Å². The highest BCUT2D eigenvalue weighted by atomic mass is 19.1. The van der Waals surface area contributed by atoms with Crippen molar-refractivity contribution < 1.29 is 13.9 Å². The molecule has 0 spiro atoms. The van der Waals surface area contributed by atoms with E-state index in [0.29, 0.717) is 6.54 Å². The Morgan fingerprint density at radius 1 is 1.18 bits per heavy atom. The number of likely N-dealkylation sites (tertiary alicyclic amines) is 1. The Morgan fingerprint density at radius 3 is 2.54 bits per heavy atom. The number of amides is 1. The maximum absolute atomic E-state index is 13.3. The fourth-order valence-electron chi connectivity index (χ4n) is 4.26. The van der Waals surface area contributed by atoms with Crippen molar-refractivity contribution in [3.8, 4) is 5.75 Å². The molecule has 4 nitrogen and oxygen atoms in total. The number of halogens is 1. The first kappa shape index (κ1) is 18.9. The van der Waals surface area contributed by atoms with Crippen LogP contribution in [0.4, 0.5) is 4.39 Å². The predicted octanol–water partition coefficient (Wildman–Crippen LogP) is 3.82. The van der Waals surface area contributed by atoms with Gasteiger partial charge in [-0.1, -0.05) is 24.3 Å². The van der Waals surface area contributed by atoms with Gasteiger partial charge >= 0.3 is 0 Å². The molecule has 1 atom stereocenters. The number of benzene rings is 2. The summed E-state index contributed by atoms with van der Waals surface area (Å²) in [6.45, 7) is 2.65. The smallest absolute Gasteiger partial charge is 0.230 e. The van der Waals surface area contributed by atoms with Gasteiger partial charge in [0.2, 0.25) is 5.91 Å². The second-order valence-electron chi connectivity index (χ2n) is 7.83. The molecule has 1 saturated heterocycles. The van der Waals surface area contributed by atoms with E-state index >= 15 is 0 Å². The van der Waals surface area contributed by atoms with Crippen LogP contribution in [0.15, 0.2) is 48.5 Å². The van der Waals surface area contributed by atoms with Gasteiger partial charge in [-0.05, 0) is 74.2 Å². The van der Waals surface area contributed by atoms with Crippen molar-refractivity contribution in [2.75, 3.05) is 26.7 Å². The number of nitrogens with zero attached hydrogens (tertiary/aromatic N) is 1. The Labute approximate surface area is 165 Å². The zero-order chi connectivity index (χ0) is 19.6. The van der Waals surface area contributed by atoms with E-state index in [1.165, 1.54) is 25.0 Å². The summed E-state index contributed by atoms with van der Waals surface area (Å²) >= 11 is 0. The van der Waals surface area contributed by atoms with Gasteiger partial charge in [0.25, 0.3) is 0 Å². The number of carbonyl (C=O) groups excluding carboxylic acids is 1. The summed E-state index contributed by atoms with van der Waals surface area (Å²) < 4.78 is 18.6. The fourth-order valence-corrected chi connectivity index (χ4v) is 4.26. The van der Waals surface area contributed by atoms with Crippen LogP contribution in [0.5, 0.6) is 5.75 Å². The lowest BCUT2D eigenvalue weighted by Crippen LogP contribution is -2.41. The summed E-state index contributed by atoms with van der Waals surface area (Å²) in [6, 6.07) is 14.6. The summed E-state index contributed by atoms with van der Waals surface area (Å²) in [5.41, 5.74) is 1.58. The number of methoxy groups -OCH3 is 1. The van der Waals surface area contributed by atoms with Crippen LogP contribution in [0.3, 0.4) is 0 Å². The van der Waals surface area contributed by atoms with Crippen molar-refractivity contribution in [1.29, 1.82) is 0 Å². The molecule has 2 fully saturated rings. The molecule has 2 aliphatic rings. The molecule has 5 heteroatoms. The molecule has 0 radical (unpaired) electrons. The molecule has 1 unspecified atom stereocenters. The van der Waals surface area contributed by atoms with E-state index in [1.807, 2.05) is 12.1 Å². The molecule has 148 valence electrons. The van der Waals surface area contributed by atoms with Crippen LogP contribution in [-0.2, 0) is 10.2 Å². The highest BCUT2D eigenvalue weighted by Gasteiger charge is 2.51. The van der Waals surface area contributed by atoms with Crippen LogP contribution in [0.25, 0.3) is 0 Å². The fraction of sp³-hybridized carbons (Fsp3) is 0.435. The lowest BCUT2D eigenvalue weighted by molar-refractivity contribution is -0.123. The summed E-state index contributed by atoms with van der Waals surface area (Å²) in [6.07, 6.45) is 4.01. The third-order valence-electron chi connectivity index (χ3n) is 6.10. The number of nitrogens with one attached hydrogen (secondary N) is 1. The first-order valence-corrected chi connectivity index (χ1v) is 10.0. The van der Waals surface area contributed by atoms with Gasteiger partial charge in [-0.15, -0.1) is 0 Å². The number of hydrogen-bond acceptors (Lipinski definition) is 3. The summed E-state index contributed by atoms with van der Waals surface area (Å²) in [7, 11) is 1.67. The van der Waals surface area contributed by atoms with E-state index in [4.69, 9.17) is 4.74 Å². The van der Waals surface area contributed by atoms with Crippen LogP contribution >= 0.6 is 0 Å². The number of ether oxygens (including phenoxy) is 1. The first-order chi connectivity index (χ1) is 13.6. The molecule has 1 saturated carbocycles. The molecule has 1 amide bonds. The minimum absolute atomic E-state index is 0.0474. The van der Waals surface area contributed by atoms with Gasteiger partial charge in [-0.25, -0.2) is 4.39 Å². The van der Waals surface area contributed by atoms with Crippen LogP contribution in [0.2, 0.25) is 0 Å². The van der Waals surface area contributed by atoms with Crippen molar-refractivity contribution in [3.05, 3.63) is 65.5 Å². The Kier molecular flexibility index (Phi) is 5.36. The number of carbonyl (C=O) groups is 1. The Morgan fingerprint density at radius 2 is 1.89 bits per heavy atom. The van der Waals surface area contributed by atoms with Gasteiger partial charge < -0.3 is 10.1 Å². The van der Waals surface area contributed by atoms with Crippen molar-refractivity contribution in [3.63, 3.8) is 0 Å². The molecule has 1 heterocycles. The zero-order valence-electron chi connectivity index (χ0n) is 16.3. The Hall–Kier alpha value is -2.40. The predicted molar refractivity (Wildman–Crippen MR) is 107 cm³/mol. The number of rotatable bonds is 7. The van der Waals surface area contributed by atoms with Crippen molar-refractivity contribution in [1.82, 2.24) is 10.2 Å². The van der Waals surface area contributed by atoms with Crippen molar-refractivity contribution in [2.24, 2.45) is 0 Å². The molecule has 1 N–H and O–H groups in total. The van der Waals surface area contributed by atoms with Gasteiger partial charge in [-0.3, -0.25) is 9.69 Å². The molecule has 28 heavy (non-hydrogen) atoms. The second-order valence-corrected chi connectivity index (χ2v) is 7.83. The van der Waals surface area contributed by atoms with Gasteiger partial charge in [0.05, 0.1) is 18.6 Å². The van der Waals surface area contributed by atoms with Crippen LogP contribution in [0.1, 0.15) is 42.9 Å². The van der Waals surface area contributed by atoms with Crippen LogP contribution < -0.4 is 10.1 Å². The standard InChI is InChI=1S/C23H27FN2O2/c1-28-20-6-4-5-17(15-20)21(26-13-2-3-14-26)16-25-22(27)23(11-12-23)18-7-9-19(24)10-8-18/h4-10,15,21H,2-3,11-14,16H2,1H3,(H,25,27). The monoisotopic (exact) mass is 382 g/mol. The van der Waals surface area contributed by atoms with Gasteiger partial charge in [0.15, 0.2) is 0 Å². The molecule has 1 aliphatic carbocycles. The van der Waals surface area contributed by atoms with E-state index in [-0.39, 0.29) is 17.8 Å². The molecule has 2 aromatic rings. The third kappa shape index (κ3) is 3.76. The second kappa shape index (κ2) is 7.92. The minimum Gasteiger partial charge on any atom is -0.497 e. The van der Waals surface area contributed by atoms with E-state index in [1.54, 1.807) is 19.2 Å². The molecule has 0 aromatic heterocycles. The molecule has 4 rings (SSSR count). The van der Waals surface area contributed by atoms with Gasteiger partial charge in [-0.2, -0.15) is 0 Å². The maximum Gasteiger partial charge on any atom is 0.230 e. The quantitative estimate of drug-likeness (QED) is 0.792. The zero-order valence-corrected chi connectivity index (χ0v) is 16.3. The maximum atomic E-state index is 13.3. The molecular weight excluding hydrogens is 355 g/mol. The summed E-state index contributed by atoms with van der Waals surface area (Å²) in [5.74, 6) is 0.608. The molecule has 0 bridgehead atoms. The van der Waals surface area contributed by atoms with E-state index in [9.17, 15) is 9.18 Å². The van der Waals surface area contributed by atoms with Crippen LogP contribution in [0, 0.1) is 5.82 Å². The lowest BCUT2D eigenvalue weighted by Gasteiger charge is -2.29. The average molecular weight is 382 g/mol.